The molecule has 9 rings (SSSR count). The molecule has 0 unspecified atom stereocenters. The van der Waals surface area contributed by atoms with Crippen molar-refractivity contribution in [2.45, 2.75) is 0 Å². The highest BCUT2D eigenvalue weighted by atomic mass is 16.5. The molecule has 0 saturated carbocycles. The van der Waals surface area contributed by atoms with E-state index in [-0.39, 0.29) is 0 Å². The maximum atomic E-state index is 5.97. The molecule has 9 aromatic rings. The summed E-state index contributed by atoms with van der Waals surface area (Å²) in [5.41, 5.74) is 11.5. The SMILES string of the molecule is COc1cc(-c2ccccc2-n2c3ccccc3c3ccccc32)cc(-c2ccccc2-n2c3ccccc3c3ccccc32)c1. The normalized spacial score (nSPS) is 11.6. The second kappa shape index (κ2) is 10.5. The summed E-state index contributed by atoms with van der Waals surface area (Å²) in [6, 6.07) is 58.7. The molecule has 218 valence electrons. The van der Waals surface area contributed by atoms with Gasteiger partial charge < -0.3 is 13.9 Å². The van der Waals surface area contributed by atoms with Crippen LogP contribution < -0.4 is 4.74 Å². The predicted molar refractivity (Wildman–Crippen MR) is 193 cm³/mol. The molecule has 0 aliphatic rings. The van der Waals surface area contributed by atoms with Crippen LogP contribution in [0, 0.1) is 0 Å². The Labute approximate surface area is 267 Å². The fraction of sp³-hybridized carbons (Fsp3) is 0.0233. The van der Waals surface area contributed by atoms with Gasteiger partial charge in [-0.05, 0) is 65.7 Å². The van der Waals surface area contributed by atoms with Crippen LogP contribution in [-0.4, -0.2) is 16.2 Å². The van der Waals surface area contributed by atoms with Crippen molar-refractivity contribution < 1.29 is 4.74 Å². The number of nitrogens with zero attached hydrogens (tertiary/aromatic N) is 2. The summed E-state index contributed by atoms with van der Waals surface area (Å²) in [6.45, 7) is 0. The number of aromatic nitrogens is 2. The quantitative estimate of drug-likeness (QED) is 0.195. The van der Waals surface area contributed by atoms with E-state index in [2.05, 4.69) is 173 Å². The maximum Gasteiger partial charge on any atom is 0.120 e. The summed E-state index contributed by atoms with van der Waals surface area (Å²) >= 11 is 0. The molecule has 0 N–H and O–H groups in total. The third-order valence-electron chi connectivity index (χ3n) is 9.21. The molecule has 0 fully saturated rings. The summed E-state index contributed by atoms with van der Waals surface area (Å²) in [4.78, 5) is 0. The van der Waals surface area contributed by atoms with E-state index in [1.807, 2.05) is 0 Å². The molecule has 0 amide bonds. The Hall–Kier alpha value is -6.06. The van der Waals surface area contributed by atoms with E-state index in [9.17, 15) is 0 Å². The van der Waals surface area contributed by atoms with Crippen LogP contribution in [0.2, 0.25) is 0 Å². The Kier molecular flexibility index (Phi) is 6.04. The first-order chi connectivity index (χ1) is 22.8. The minimum atomic E-state index is 0.821. The molecule has 7 aromatic carbocycles. The van der Waals surface area contributed by atoms with Crippen molar-refractivity contribution in [1.29, 1.82) is 0 Å². The Balaban J connectivity index is 1.29. The predicted octanol–water partition coefficient (Wildman–Crippen LogP) is 11.2. The second-order valence-corrected chi connectivity index (χ2v) is 11.7. The van der Waals surface area contributed by atoms with Crippen LogP contribution in [0.1, 0.15) is 0 Å². The Morgan fingerprint density at radius 3 is 1.07 bits per heavy atom. The molecule has 46 heavy (non-hydrogen) atoms. The third-order valence-corrected chi connectivity index (χ3v) is 9.21. The smallest absolute Gasteiger partial charge is 0.120 e. The van der Waals surface area contributed by atoms with Gasteiger partial charge in [0.05, 0.1) is 40.6 Å². The van der Waals surface area contributed by atoms with Crippen LogP contribution in [0.4, 0.5) is 0 Å². The molecule has 0 atom stereocenters. The standard InChI is InChI=1S/C43H30N2O/c1-46-31-27-29(32-14-2-8-20-38(32)44-40-22-10-4-16-34(40)35-17-5-11-23-41(35)44)26-30(28-31)33-15-3-9-21-39(33)45-42-24-12-6-18-36(42)37-19-7-13-25-43(37)45/h2-28H,1H3. The number of ether oxygens (including phenoxy) is 1. The van der Waals surface area contributed by atoms with Crippen LogP contribution in [0.5, 0.6) is 5.75 Å². The lowest BCUT2D eigenvalue weighted by atomic mass is 9.96. The van der Waals surface area contributed by atoms with E-state index in [0.717, 1.165) is 39.4 Å². The summed E-state index contributed by atoms with van der Waals surface area (Å²) in [5.74, 6) is 0.821. The van der Waals surface area contributed by atoms with Crippen molar-refractivity contribution in [2.75, 3.05) is 7.11 Å². The van der Waals surface area contributed by atoms with Gasteiger partial charge in [-0.2, -0.15) is 0 Å². The summed E-state index contributed by atoms with van der Waals surface area (Å²) < 4.78 is 10.8. The highest BCUT2D eigenvalue weighted by Crippen LogP contribution is 2.41. The van der Waals surface area contributed by atoms with Gasteiger partial charge in [0.1, 0.15) is 5.75 Å². The van der Waals surface area contributed by atoms with Crippen LogP contribution in [0.25, 0.3) is 77.2 Å². The Bertz CT molecular complexity index is 2300. The van der Waals surface area contributed by atoms with E-state index >= 15 is 0 Å². The number of benzene rings is 7. The number of para-hydroxylation sites is 6. The lowest BCUT2D eigenvalue weighted by Gasteiger charge is -2.18. The van der Waals surface area contributed by atoms with Crippen molar-refractivity contribution in [3.63, 3.8) is 0 Å². The average molecular weight is 591 g/mol. The first-order valence-electron chi connectivity index (χ1n) is 15.7. The zero-order chi connectivity index (χ0) is 30.6. The van der Waals surface area contributed by atoms with E-state index in [1.54, 1.807) is 7.11 Å². The molecule has 0 aliphatic heterocycles. The van der Waals surface area contributed by atoms with Gasteiger partial charge in [-0.1, -0.05) is 109 Å². The largest absolute Gasteiger partial charge is 0.497 e. The van der Waals surface area contributed by atoms with Gasteiger partial charge >= 0.3 is 0 Å². The Morgan fingerprint density at radius 2 is 0.696 bits per heavy atom. The van der Waals surface area contributed by atoms with Crippen molar-refractivity contribution >= 4 is 43.6 Å². The number of rotatable bonds is 5. The van der Waals surface area contributed by atoms with Gasteiger partial charge in [-0.15, -0.1) is 0 Å². The van der Waals surface area contributed by atoms with Crippen LogP contribution in [0.15, 0.2) is 164 Å². The van der Waals surface area contributed by atoms with Crippen molar-refractivity contribution in [3.05, 3.63) is 164 Å². The van der Waals surface area contributed by atoms with E-state index in [4.69, 9.17) is 4.74 Å². The molecular weight excluding hydrogens is 560 g/mol. The van der Waals surface area contributed by atoms with Gasteiger partial charge in [0, 0.05) is 32.7 Å². The van der Waals surface area contributed by atoms with Crippen LogP contribution in [-0.2, 0) is 0 Å². The molecule has 3 heteroatoms. The topological polar surface area (TPSA) is 19.1 Å². The molecule has 2 heterocycles. The molecule has 0 radical (unpaired) electrons. The summed E-state index contributed by atoms with van der Waals surface area (Å²) in [7, 11) is 1.75. The lowest BCUT2D eigenvalue weighted by Crippen LogP contribution is -1.99. The maximum absolute atomic E-state index is 5.97. The number of methoxy groups -OCH3 is 1. The van der Waals surface area contributed by atoms with Gasteiger partial charge in [0.15, 0.2) is 0 Å². The monoisotopic (exact) mass is 590 g/mol. The van der Waals surface area contributed by atoms with E-state index in [0.29, 0.717) is 0 Å². The number of hydrogen-bond donors (Lipinski definition) is 0. The van der Waals surface area contributed by atoms with Crippen molar-refractivity contribution in [1.82, 2.24) is 9.13 Å². The summed E-state index contributed by atoms with van der Waals surface area (Å²) in [5, 5.41) is 5.00. The van der Waals surface area contributed by atoms with Gasteiger partial charge in [0.25, 0.3) is 0 Å². The zero-order valence-electron chi connectivity index (χ0n) is 25.4. The zero-order valence-corrected chi connectivity index (χ0v) is 25.4. The fourth-order valence-corrected chi connectivity index (χ4v) is 7.22. The Morgan fingerprint density at radius 1 is 0.370 bits per heavy atom. The molecule has 3 nitrogen and oxygen atoms in total. The first kappa shape index (κ1) is 26.4. The number of fused-ring (bicyclic) bond motifs is 6. The lowest BCUT2D eigenvalue weighted by molar-refractivity contribution is 0.415. The summed E-state index contributed by atoms with van der Waals surface area (Å²) in [6.07, 6.45) is 0. The minimum absolute atomic E-state index is 0.821. The second-order valence-electron chi connectivity index (χ2n) is 11.7. The molecule has 0 spiro atoms. The van der Waals surface area contributed by atoms with Crippen molar-refractivity contribution in [2.24, 2.45) is 0 Å². The van der Waals surface area contributed by atoms with Crippen molar-refractivity contribution in [3.8, 4) is 39.4 Å². The average Bonchev–Trinajstić information content (AvgIpc) is 3.64. The van der Waals surface area contributed by atoms with Crippen LogP contribution >= 0.6 is 0 Å². The molecule has 0 bridgehead atoms. The molecule has 0 saturated heterocycles. The fourth-order valence-electron chi connectivity index (χ4n) is 7.22. The number of hydrogen-bond acceptors (Lipinski definition) is 1. The van der Waals surface area contributed by atoms with E-state index < -0.39 is 0 Å². The molecular formula is C43H30N2O. The van der Waals surface area contributed by atoms with Gasteiger partial charge in [-0.25, -0.2) is 0 Å². The highest BCUT2D eigenvalue weighted by Gasteiger charge is 2.18. The van der Waals surface area contributed by atoms with Gasteiger partial charge in [-0.3, -0.25) is 0 Å². The molecule has 2 aromatic heterocycles. The first-order valence-corrected chi connectivity index (χ1v) is 15.7. The van der Waals surface area contributed by atoms with Crippen LogP contribution in [0.3, 0.4) is 0 Å². The highest BCUT2D eigenvalue weighted by molar-refractivity contribution is 6.11. The van der Waals surface area contributed by atoms with E-state index in [1.165, 1.54) is 43.6 Å². The third kappa shape index (κ3) is 3.99. The van der Waals surface area contributed by atoms with Gasteiger partial charge in [0.2, 0.25) is 0 Å². The molecule has 0 aliphatic carbocycles. The minimum Gasteiger partial charge on any atom is -0.497 e.